The predicted octanol–water partition coefficient (Wildman–Crippen LogP) is 1.73. The van der Waals surface area contributed by atoms with Gasteiger partial charge in [0.15, 0.2) is 5.78 Å². The molecule has 0 bridgehead atoms. The first-order valence-corrected chi connectivity index (χ1v) is 8.18. The Morgan fingerprint density at radius 3 is 2.32 bits per heavy atom. The van der Waals surface area contributed by atoms with E-state index < -0.39 is 5.92 Å². The number of benzene rings is 1. The Kier molecular flexibility index (Phi) is 4.65. The van der Waals surface area contributed by atoms with Crippen molar-refractivity contribution in [3.63, 3.8) is 0 Å². The Morgan fingerprint density at radius 1 is 1.04 bits per heavy atom. The van der Waals surface area contributed by atoms with Gasteiger partial charge in [-0.2, -0.15) is 0 Å². The number of amides is 3. The Hall–Kier alpha value is -2.96. The molecule has 0 unspecified atom stereocenters. The monoisotopic (exact) mass is 341 g/mol. The van der Waals surface area contributed by atoms with Crippen molar-refractivity contribution in [1.29, 1.82) is 0 Å². The van der Waals surface area contributed by atoms with Crippen molar-refractivity contribution in [2.24, 2.45) is 5.92 Å². The van der Waals surface area contributed by atoms with Gasteiger partial charge in [0.1, 0.15) is 0 Å². The average molecular weight is 341 g/mol. The molecule has 1 atom stereocenters. The summed E-state index contributed by atoms with van der Waals surface area (Å²) in [6, 6.07) is 6.65. The van der Waals surface area contributed by atoms with Gasteiger partial charge >= 0.3 is 0 Å². The second-order valence-corrected chi connectivity index (χ2v) is 6.22. The molecular weight excluding hydrogens is 322 g/mol. The summed E-state index contributed by atoms with van der Waals surface area (Å²) < 4.78 is 0. The van der Waals surface area contributed by atoms with Gasteiger partial charge in [-0.15, -0.1) is 0 Å². The number of nitrogens with one attached hydrogen (secondary N) is 3. The van der Waals surface area contributed by atoms with E-state index in [0.29, 0.717) is 41.9 Å². The fourth-order valence-electron chi connectivity index (χ4n) is 3.20. The largest absolute Gasteiger partial charge is 0.329 e. The Bertz CT molecular complexity index is 780. The van der Waals surface area contributed by atoms with E-state index in [9.17, 15) is 19.2 Å². The molecule has 7 heteroatoms. The molecule has 25 heavy (non-hydrogen) atoms. The summed E-state index contributed by atoms with van der Waals surface area (Å²) in [5.74, 6) is -1.62. The van der Waals surface area contributed by atoms with Gasteiger partial charge in [0.25, 0.3) is 0 Å². The summed E-state index contributed by atoms with van der Waals surface area (Å²) in [6.45, 7) is 1.41. The highest BCUT2D eigenvalue weighted by atomic mass is 16.2. The number of Topliss-reactive ketones (excluding diaryl/α,β-unsaturated/α-hetero) is 1. The van der Waals surface area contributed by atoms with Gasteiger partial charge in [0.05, 0.1) is 5.92 Å². The number of hydrogen-bond donors (Lipinski definition) is 3. The molecule has 0 saturated carbocycles. The quantitative estimate of drug-likeness (QED) is 0.778. The van der Waals surface area contributed by atoms with Crippen molar-refractivity contribution in [2.75, 3.05) is 10.6 Å². The zero-order valence-electron chi connectivity index (χ0n) is 13.8. The average Bonchev–Trinajstić information content (AvgIpc) is 2.55. The Morgan fingerprint density at radius 2 is 1.68 bits per heavy atom. The second kappa shape index (κ2) is 6.88. The summed E-state index contributed by atoms with van der Waals surface area (Å²) in [5.41, 5.74) is 2.19. The Balaban J connectivity index is 1.76. The first-order chi connectivity index (χ1) is 11.9. The molecule has 7 nitrogen and oxygen atoms in total. The van der Waals surface area contributed by atoms with E-state index in [-0.39, 0.29) is 29.9 Å². The van der Waals surface area contributed by atoms with Gasteiger partial charge in [-0.1, -0.05) is 0 Å². The third-order valence-corrected chi connectivity index (χ3v) is 4.27. The number of carbonyl (C=O) groups excluding carboxylic acids is 4. The van der Waals surface area contributed by atoms with Crippen molar-refractivity contribution in [3.8, 4) is 0 Å². The normalized spacial score (nSPS) is 19.8. The first-order valence-electron chi connectivity index (χ1n) is 8.18. The predicted molar refractivity (Wildman–Crippen MR) is 91.5 cm³/mol. The van der Waals surface area contributed by atoms with Crippen LogP contribution in [0.2, 0.25) is 0 Å². The molecular formula is C18H19N3O4. The standard InChI is InChI=1S/C18H19N3O4/c1-10(22)19-11-5-7-12(8-6-11)20-18(25)13-9-16(24)21-14-3-2-4-15(23)17(13)14/h5-8,13H,2-4,9H2,1H3,(H,19,22)(H,20,25)(H,21,24)/t13-/m0/s1. The molecule has 0 fully saturated rings. The lowest BCUT2D eigenvalue weighted by Crippen LogP contribution is -2.41. The maximum absolute atomic E-state index is 12.6. The summed E-state index contributed by atoms with van der Waals surface area (Å²) in [6.07, 6.45) is 1.68. The van der Waals surface area contributed by atoms with E-state index in [2.05, 4.69) is 16.0 Å². The van der Waals surface area contributed by atoms with Crippen LogP contribution in [0.25, 0.3) is 0 Å². The fourth-order valence-corrected chi connectivity index (χ4v) is 3.20. The van der Waals surface area contributed by atoms with Gasteiger partial charge in [0.2, 0.25) is 17.7 Å². The highest BCUT2D eigenvalue weighted by Gasteiger charge is 2.37. The molecule has 1 aromatic carbocycles. The van der Waals surface area contributed by atoms with Crippen LogP contribution >= 0.6 is 0 Å². The molecule has 1 aliphatic carbocycles. The van der Waals surface area contributed by atoms with Crippen molar-refractivity contribution in [1.82, 2.24) is 5.32 Å². The van der Waals surface area contributed by atoms with Gasteiger partial charge in [-0.05, 0) is 37.1 Å². The summed E-state index contributed by atoms with van der Waals surface area (Å²) in [5, 5.41) is 8.11. The maximum atomic E-state index is 12.6. The van der Waals surface area contributed by atoms with Crippen molar-refractivity contribution in [3.05, 3.63) is 35.5 Å². The molecule has 3 amide bonds. The molecule has 0 aromatic heterocycles. The number of carbonyl (C=O) groups is 4. The SMILES string of the molecule is CC(=O)Nc1ccc(NC(=O)[C@H]2CC(=O)NC3=C2C(=O)CCC3)cc1. The molecule has 0 radical (unpaired) electrons. The number of rotatable bonds is 3. The topological polar surface area (TPSA) is 104 Å². The number of allylic oxidation sites excluding steroid dienone is 1. The van der Waals surface area contributed by atoms with Crippen LogP contribution in [0.1, 0.15) is 32.6 Å². The minimum Gasteiger partial charge on any atom is -0.329 e. The minimum absolute atomic E-state index is 0.0274. The van der Waals surface area contributed by atoms with Crippen molar-refractivity contribution >= 4 is 34.9 Å². The van der Waals surface area contributed by atoms with Crippen LogP contribution in [-0.2, 0) is 19.2 Å². The van der Waals surface area contributed by atoms with Crippen LogP contribution in [0.5, 0.6) is 0 Å². The first kappa shape index (κ1) is 16.9. The lowest BCUT2D eigenvalue weighted by Gasteiger charge is -2.30. The molecule has 130 valence electrons. The number of anilines is 2. The minimum atomic E-state index is -0.758. The van der Waals surface area contributed by atoms with Gasteiger partial charge in [0, 0.05) is 42.4 Å². The molecule has 1 aliphatic heterocycles. The van der Waals surface area contributed by atoms with Gasteiger partial charge in [-0.3, -0.25) is 19.2 Å². The third-order valence-electron chi connectivity index (χ3n) is 4.27. The Labute approximate surface area is 144 Å². The maximum Gasteiger partial charge on any atom is 0.232 e. The molecule has 1 aromatic rings. The van der Waals surface area contributed by atoms with E-state index in [0.717, 1.165) is 0 Å². The molecule has 1 heterocycles. The third kappa shape index (κ3) is 3.76. The molecule has 2 aliphatic rings. The van der Waals surface area contributed by atoms with E-state index >= 15 is 0 Å². The smallest absolute Gasteiger partial charge is 0.232 e. The van der Waals surface area contributed by atoms with Crippen LogP contribution in [0.15, 0.2) is 35.5 Å². The van der Waals surface area contributed by atoms with Crippen LogP contribution < -0.4 is 16.0 Å². The van der Waals surface area contributed by atoms with E-state index in [4.69, 9.17) is 0 Å². The summed E-state index contributed by atoms with van der Waals surface area (Å²) in [7, 11) is 0. The van der Waals surface area contributed by atoms with Gasteiger partial charge < -0.3 is 16.0 Å². The molecule has 3 N–H and O–H groups in total. The number of ketones is 1. The van der Waals surface area contributed by atoms with Crippen LogP contribution in [0.3, 0.4) is 0 Å². The lowest BCUT2D eigenvalue weighted by molar-refractivity contribution is -0.128. The van der Waals surface area contributed by atoms with Crippen molar-refractivity contribution < 1.29 is 19.2 Å². The van der Waals surface area contributed by atoms with Crippen LogP contribution in [-0.4, -0.2) is 23.5 Å². The highest BCUT2D eigenvalue weighted by molar-refractivity contribution is 6.09. The van der Waals surface area contributed by atoms with E-state index in [1.54, 1.807) is 24.3 Å². The molecule has 0 spiro atoms. The zero-order valence-corrected chi connectivity index (χ0v) is 13.8. The van der Waals surface area contributed by atoms with Gasteiger partial charge in [-0.25, -0.2) is 0 Å². The zero-order chi connectivity index (χ0) is 18.0. The van der Waals surface area contributed by atoms with Crippen molar-refractivity contribution in [2.45, 2.75) is 32.6 Å². The van der Waals surface area contributed by atoms with E-state index in [1.165, 1.54) is 6.92 Å². The fraction of sp³-hybridized carbons (Fsp3) is 0.333. The number of hydrogen-bond acceptors (Lipinski definition) is 4. The summed E-state index contributed by atoms with van der Waals surface area (Å²) >= 11 is 0. The van der Waals surface area contributed by atoms with E-state index in [1.807, 2.05) is 0 Å². The second-order valence-electron chi connectivity index (χ2n) is 6.22. The van der Waals surface area contributed by atoms with Crippen LogP contribution in [0.4, 0.5) is 11.4 Å². The van der Waals surface area contributed by atoms with Crippen LogP contribution in [0, 0.1) is 5.92 Å². The molecule has 0 saturated heterocycles. The molecule has 3 rings (SSSR count). The highest BCUT2D eigenvalue weighted by Crippen LogP contribution is 2.32. The lowest BCUT2D eigenvalue weighted by atomic mass is 9.81. The summed E-state index contributed by atoms with van der Waals surface area (Å²) in [4.78, 5) is 47.7.